The number of unbranched alkanes of at least 4 members (excludes halogenated alkanes) is 29. The molecule has 0 aliphatic heterocycles. The summed E-state index contributed by atoms with van der Waals surface area (Å²) in [6.45, 7) is 6.87. The fraction of sp³-hybridized carbons (Fsp3) is 0.743. The Morgan fingerprint density at radius 2 is 0.800 bits per heavy atom. The highest BCUT2D eigenvalue weighted by Crippen LogP contribution is 2.43. The number of nitrogens with zero attached hydrogens (tertiary/aromatic N) is 1. The van der Waals surface area contributed by atoms with Gasteiger partial charge >= 0.3 is 13.8 Å². The van der Waals surface area contributed by atoms with Gasteiger partial charge in [-0.05, 0) is 109 Å². The average molecular weight is 1140 g/mol. The van der Waals surface area contributed by atoms with Crippen molar-refractivity contribution in [1.29, 1.82) is 0 Å². The molecule has 0 fully saturated rings. The molecule has 0 spiro atoms. The number of rotatable bonds is 59. The Kier molecular flexibility index (Phi) is 56.8. The summed E-state index contributed by atoms with van der Waals surface area (Å²) < 4.78 is 30.7. The number of ether oxygens (including phenoxy) is 1. The minimum Gasteiger partial charge on any atom is -0.456 e. The van der Waals surface area contributed by atoms with Crippen molar-refractivity contribution in [1.82, 2.24) is 5.32 Å². The Balaban J connectivity index is 5.17. The molecule has 3 atom stereocenters. The quantitative estimate of drug-likeness (QED) is 0.0205. The first kappa shape index (κ1) is 76.9. The number of esters is 1. The molecule has 0 aromatic heterocycles. The van der Waals surface area contributed by atoms with Crippen LogP contribution in [0.15, 0.2) is 97.2 Å². The summed E-state index contributed by atoms with van der Waals surface area (Å²) in [4.78, 5) is 37.8. The van der Waals surface area contributed by atoms with E-state index in [0.29, 0.717) is 17.4 Å². The molecule has 0 saturated heterocycles. The van der Waals surface area contributed by atoms with Crippen molar-refractivity contribution >= 4 is 19.7 Å². The van der Waals surface area contributed by atoms with Crippen LogP contribution in [0.4, 0.5) is 0 Å². The minimum atomic E-state index is -4.46. The molecule has 462 valence electrons. The number of phosphoric ester groups is 1. The highest BCUT2D eigenvalue weighted by Gasteiger charge is 2.30. The molecule has 0 bridgehead atoms. The van der Waals surface area contributed by atoms with Crippen LogP contribution in [0.1, 0.15) is 284 Å². The van der Waals surface area contributed by atoms with E-state index >= 15 is 0 Å². The molecule has 1 amide bonds. The van der Waals surface area contributed by atoms with E-state index in [4.69, 9.17) is 13.8 Å². The van der Waals surface area contributed by atoms with E-state index in [-0.39, 0.29) is 31.5 Å². The first-order chi connectivity index (χ1) is 38.9. The van der Waals surface area contributed by atoms with E-state index in [1.165, 1.54) is 128 Å². The molecule has 0 aromatic rings. The number of carbonyl (C=O) groups excluding carboxylic acids is 2. The molecular weight excluding hydrogens is 1010 g/mol. The van der Waals surface area contributed by atoms with Crippen LogP contribution in [0.2, 0.25) is 0 Å². The molecule has 0 aliphatic rings. The van der Waals surface area contributed by atoms with Crippen LogP contribution >= 0.6 is 7.82 Å². The summed E-state index contributed by atoms with van der Waals surface area (Å²) in [5.41, 5.74) is 0. The van der Waals surface area contributed by atoms with Gasteiger partial charge in [-0.2, -0.15) is 0 Å². The van der Waals surface area contributed by atoms with Crippen molar-refractivity contribution in [3.05, 3.63) is 97.2 Å². The number of allylic oxidation sites excluding steroid dienone is 15. The largest absolute Gasteiger partial charge is 0.472 e. The molecule has 0 radical (unpaired) electrons. The van der Waals surface area contributed by atoms with E-state index in [1.807, 2.05) is 33.3 Å². The molecule has 3 unspecified atom stereocenters. The van der Waals surface area contributed by atoms with Crippen molar-refractivity contribution in [2.45, 2.75) is 296 Å². The lowest BCUT2D eigenvalue weighted by molar-refractivity contribution is -0.870. The zero-order valence-corrected chi connectivity index (χ0v) is 53.7. The third-order valence-corrected chi connectivity index (χ3v) is 15.2. The molecular formula is C70H126N2O7P+. The maximum atomic E-state index is 13.6. The number of nitrogens with one attached hydrogen (secondary N) is 1. The number of likely N-dealkylation sites (N-methyl/N-ethyl adjacent to an activating group) is 1. The van der Waals surface area contributed by atoms with Crippen molar-refractivity contribution in [3.63, 3.8) is 0 Å². The first-order valence-corrected chi connectivity index (χ1v) is 34.6. The van der Waals surface area contributed by atoms with Gasteiger partial charge in [0.05, 0.1) is 33.8 Å². The standard InChI is InChI=1S/C70H125N2O7P/c1-7-10-13-16-19-22-25-28-30-32-33-34-35-36-37-38-39-41-43-45-48-51-54-57-60-63-70(74)79-68(61-58-55-52-49-46-27-24-21-18-15-12-9-3)67(66-78-80(75,76)77-65-64-72(4,5)6)71-69(73)62-59-56-53-50-47-44-42-40-31-29-26-23-20-17-14-11-8-2/h10,13,19-20,22-23,28-31,33-34,36-37,58,61,67-68H,7-9,11-12,14-18,21,24-27,32,35,38-57,59-60,62-66H2,1-6H3,(H-,71,73,75,76)/p+1/b13-10-,22-19-,23-20-,30-28-,31-29-,34-33-,37-36-,61-58-. The van der Waals surface area contributed by atoms with Gasteiger partial charge in [-0.25, -0.2) is 4.57 Å². The Labute approximate surface area is 494 Å². The molecule has 0 rings (SSSR count). The number of quaternary nitrogens is 1. The SMILES string of the molecule is CC/C=C\C/C=C\C/C=C\C/C=C\C/C=C\CCCCCCCCCCCC(=O)OC(/C=C\CCCCCCCCCCCC)C(COP(=O)(O)OCC[N+](C)(C)C)NC(=O)CCCCCCCCC/C=C\C/C=C\CCCCC. The maximum absolute atomic E-state index is 13.6. The monoisotopic (exact) mass is 1140 g/mol. The van der Waals surface area contributed by atoms with Gasteiger partial charge in [-0.15, -0.1) is 0 Å². The maximum Gasteiger partial charge on any atom is 0.472 e. The highest BCUT2D eigenvalue weighted by molar-refractivity contribution is 7.47. The van der Waals surface area contributed by atoms with Crippen LogP contribution in [-0.4, -0.2) is 74.3 Å². The second kappa shape index (κ2) is 59.1. The van der Waals surface area contributed by atoms with E-state index in [2.05, 4.69) is 111 Å². The topological polar surface area (TPSA) is 111 Å². The van der Waals surface area contributed by atoms with Gasteiger partial charge in [-0.3, -0.25) is 18.6 Å². The average Bonchev–Trinajstić information content (AvgIpc) is 3.42. The van der Waals surface area contributed by atoms with E-state index in [9.17, 15) is 19.0 Å². The Morgan fingerprint density at radius 1 is 0.450 bits per heavy atom. The van der Waals surface area contributed by atoms with Crippen LogP contribution in [0.3, 0.4) is 0 Å². The van der Waals surface area contributed by atoms with Crippen LogP contribution in [0.25, 0.3) is 0 Å². The Bertz CT molecular complexity index is 1690. The predicted molar refractivity (Wildman–Crippen MR) is 346 cm³/mol. The van der Waals surface area contributed by atoms with Gasteiger partial charge in [0.1, 0.15) is 19.3 Å². The van der Waals surface area contributed by atoms with Gasteiger partial charge < -0.3 is 19.4 Å². The lowest BCUT2D eigenvalue weighted by Crippen LogP contribution is -2.47. The van der Waals surface area contributed by atoms with E-state index in [1.54, 1.807) is 0 Å². The molecule has 0 heterocycles. The first-order valence-electron chi connectivity index (χ1n) is 33.1. The fourth-order valence-electron chi connectivity index (χ4n) is 9.17. The lowest BCUT2D eigenvalue weighted by atomic mass is 10.0. The van der Waals surface area contributed by atoms with Crippen molar-refractivity contribution in [3.8, 4) is 0 Å². The van der Waals surface area contributed by atoms with Gasteiger partial charge in [0.25, 0.3) is 0 Å². The third kappa shape index (κ3) is 59.5. The Hall–Kier alpha value is -3.07. The number of carbonyl (C=O) groups is 2. The van der Waals surface area contributed by atoms with Gasteiger partial charge in [0.2, 0.25) is 5.91 Å². The summed E-state index contributed by atoms with van der Waals surface area (Å²) in [6, 6.07) is -0.860. The summed E-state index contributed by atoms with van der Waals surface area (Å²) in [5, 5.41) is 3.06. The van der Waals surface area contributed by atoms with Crippen LogP contribution in [-0.2, 0) is 27.9 Å². The molecule has 0 aliphatic carbocycles. The van der Waals surface area contributed by atoms with Crippen molar-refractivity contribution < 1.29 is 37.3 Å². The minimum absolute atomic E-state index is 0.0338. The van der Waals surface area contributed by atoms with Gasteiger partial charge in [0.15, 0.2) is 0 Å². The van der Waals surface area contributed by atoms with Crippen LogP contribution < -0.4 is 5.32 Å². The number of hydrogen-bond donors (Lipinski definition) is 2. The number of phosphoric acid groups is 1. The second-order valence-corrected chi connectivity index (χ2v) is 24.7. The molecule has 80 heavy (non-hydrogen) atoms. The zero-order valence-electron chi connectivity index (χ0n) is 52.8. The molecule has 2 N–H and O–H groups in total. The Morgan fingerprint density at radius 3 is 1.23 bits per heavy atom. The molecule has 9 nitrogen and oxygen atoms in total. The number of hydrogen-bond acceptors (Lipinski definition) is 6. The number of amides is 1. The van der Waals surface area contributed by atoms with Crippen molar-refractivity contribution in [2.24, 2.45) is 0 Å². The van der Waals surface area contributed by atoms with Gasteiger partial charge in [-0.1, -0.05) is 260 Å². The van der Waals surface area contributed by atoms with Crippen LogP contribution in [0.5, 0.6) is 0 Å². The second-order valence-electron chi connectivity index (χ2n) is 23.3. The zero-order chi connectivity index (χ0) is 58.6. The van der Waals surface area contributed by atoms with Gasteiger partial charge in [0, 0.05) is 12.8 Å². The highest BCUT2D eigenvalue weighted by atomic mass is 31.2. The lowest BCUT2D eigenvalue weighted by Gasteiger charge is -2.27. The summed E-state index contributed by atoms with van der Waals surface area (Å²) in [7, 11) is 1.48. The smallest absolute Gasteiger partial charge is 0.456 e. The molecule has 10 heteroatoms. The molecule has 0 aromatic carbocycles. The summed E-state index contributed by atoms with van der Waals surface area (Å²) in [6.07, 6.45) is 79.7. The van der Waals surface area contributed by atoms with Crippen molar-refractivity contribution in [2.75, 3.05) is 40.9 Å². The summed E-state index contributed by atoms with van der Waals surface area (Å²) >= 11 is 0. The predicted octanol–water partition coefficient (Wildman–Crippen LogP) is 20.7. The van der Waals surface area contributed by atoms with E-state index in [0.717, 1.165) is 122 Å². The molecule has 0 saturated carbocycles. The third-order valence-electron chi connectivity index (χ3n) is 14.3. The van der Waals surface area contributed by atoms with E-state index < -0.39 is 20.0 Å². The van der Waals surface area contributed by atoms with Crippen LogP contribution in [0, 0.1) is 0 Å². The fourth-order valence-corrected chi connectivity index (χ4v) is 9.91. The normalized spacial score (nSPS) is 14.2. The summed E-state index contributed by atoms with van der Waals surface area (Å²) in [5.74, 6) is -0.521.